The Morgan fingerprint density at radius 3 is 2.58 bits per heavy atom. The van der Waals surface area contributed by atoms with Crippen LogP contribution in [-0.4, -0.2) is 17.1 Å². The van der Waals surface area contributed by atoms with Gasteiger partial charge in [0.25, 0.3) is 0 Å². The summed E-state index contributed by atoms with van der Waals surface area (Å²) < 4.78 is 44.2. The summed E-state index contributed by atoms with van der Waals surface area (Å²) in [7, 11) is 1.35. The van der Waals surface area contributed by atoms with Crippen molar-refractivity contribution in [2.45, 2.75) is 0 Å². The molecule has 0 aliphatic heterocycles. The van der Waals surface area contributed by atoms with Crippen LogP contribution >= 0.6 is 0 Å². The van der Waals surface area contributed by atoms with Gasteiger partial charge in [0.05, 0.1) is 12.8 Å². The number of benzene rings is 1. The highest BCUT2D eigenvalue weighted by Gasteiger charge is 2.15. The largest absolute Gasteiger partial charge is 0.479 e. The minimum absolute atomic E-state index is 0.0223. The molecule has 0 atom stereocenters. The van der Waals surface area contributed by atoms with Gasteiger partial charge in [-0.1, -0.05) is 0 Å². The van der Waals surface area contributed by atoms with Crippen molar-refractivity contribution in [2.24, 2.45) is 0 Å². The molecular formula is C11H9F3N4O. The molecule has 0 fully saturated rings. The molecule has 1 aromatic carbocycles. The third-order valence-corrected chi connectivity index (χ3v) is 2.33. The average Bonchev–Trinajstić information content (AvgIpc) is 2.41. The molecule has 2 rings (SSSR count). The Bertz CT molecular complexity index is 621. The topological polar surface area (TPSA) is 73.1 Å². The summed E-state index contributed by atoms with van der Waals surface area (Å²) in [4.78, 5) is 7.49. The third kappa shape index (κ3) is 2.37. The lowest BCUT2D eigenvalue weighted by molar-refractivity contribution is 0.399. The lowest BCUT2D eigenvalue weighted by Gasteiger charge is -2.11. The van der Waals surface area contributed by atoms with Crippen LogP contribution < -0.4 is 15.8 Å². The van der Waals surface area contributed by atoms with E-state index >= 15 is 0 Å². The number of nitrogen functional groups attached to an aromatic ring is 1. The number of nitrogens with two attached hydrogens (primary N) is 1. The van der Waals surface area contributed by atoms with Gasteiger partial charge in [0, 0.05) is 0 Å². The molecule has 5 nitrogen and oxygen atoms in total. The van der Waals surface area contributed by atoms with Crippen LogP contribution in [0, 0.1) is 17.5 Å². The van der Waals surface area contributed by atoms with Crippen molar-refractivity contribution in [1.82, 2.24) is 9.97 Å². The number of ether oxygens (including phenoxy) is 1. The molecule has 0 saturated heterocycles. The van der Waals surface area contributed by atoms with Gasteiger partial charge >= 0.3 is 0 Å². The first-order chi connectivity index (χ1) is 9.04. The van der Waals surface area contributed by atoms with E-state index in [1.54, 1.807) is 0 Å². The fourth-order valence-corrected chi connectivity index (χ4v) is 1.39. The van der Waals surface area contributed by atoms with Gasteiger partial charge in [-0.15, -0.1) is 0 Å². The second kappa shape index (κ2) is 5.01. The SMILES string of the molecule is COc1ncnc(Nc2ccc(F)c(F)c2F)c1N. The zero-order chi connectivity index (χ0) is 14.0. The maximum absolute atomic E-state index is 13.5. The zero-order valence-corrected chi connectivity index (χ0v) is 9.75. The fraction of sp³-hybridized carbons (Fsp3) is 0.0909. The van der Waals surface area contributed by atoms with E-state index in [1.807, 2.05) is 0 Å². The van der Waals surface area contributed by atoms with Crippen LogP contribution in [0.15, 0.2) is 18.5 Å². The summed E-state index contributed by atoms with van der Waals surface area (Å²) in [6.07, 6.45) is 1.13. The standard InChI is InChI=1S/C11H9F3N4O/c1-19-11-9(15)10(16-4-17-11)18-6-3-2-5(12)7(13)8(6)14/h2-4H,15H2,1H3,(H,16,17,18). The maximum Gasteiger partial charge on any atom is 0.242 e. The molecule has 0 spiro atoms. The second-order valence-corrected chi connectivity index (χ2v) is 3.49. The van der Waals surface area contributed by atoms with Crippen LogP contribution in [-0.2, 0) is 0 Å². The molecule has 0 bridgehead atoms. The Morgan fingerprint density at radius 1 is 1.16 bits per heavy atom. The van der Waals surface area contributed by atoms with Gasteiger partial charge in [0.1, 0.15) is 12.0 Å². The molecule has 100 valence electrons. The molecule has 3 N–H and O–H groups in total. The predicted molar refractivity (Wildman–Crippen MR) is 62.6 cm³/mol. The van der Waals surface area contributed by atoms with E-state index in [9.17, 15) is 13.2 Å². The second-order valence-electron chi connectivity index (χ2n) is 3.49. The van der Waals surface area contributed by atoms with Crippen LogP contribution in [0.1, 0.15) is 0 Å². The average molecular weight is 270 g/mol. The minimum Gasteiger partial charge on any atom is -0.479 e. The van der Waals surface area contributed by atoms with E-state index in [1.165, 1.54) is 7.11 Å². The number of nitrogens with one attached hydrogen (secondary N) is 1. The quantitative estimate of drug-likeness (QED) is 0.837. The lowest BCUT2D eigenvalue weighted by Crippen LogP contribution is -2.05. The summed E-state index contributed by atoms with van der Waals surface area (Å²) in [6, 6.07) is 1.82. The number of hydrogen-bond donors (Lipinski definition) is 2. The normalized spacial score (nSPS) is 10.3. The maximum atomic E-state index is 13.5. The summed E-state index contributed by atoms with van der Waals surface area (Å²) >= 11 is 0. The number of halogens is 3. The van der Waals surface area contributed by atoms with Gasteiger partial charge in [0.2, 0.25) is 5.88 Å². The van der Waals surface area contributed by atoms with Crippen molar-refractivity contribution in [3.63, 3.8) is 0 Å². The Morgan fingerprint density at radius 2 is 1.89 bits per heavy atom. The first kappa shape index (κ1) is 12.9. The van der Waals surface area contributed by atoms with Gasteiger partial charge in [-0.2, -0.15) is 4.98 Å². The Kier molecular flexibility index (Phi) is 3.41. The number of methoxy groups -OCH3 is 1. The van der Waals surface area contributed by atoms with Gasteiger partial charge < -0.3 is 15.8 Å². The summed E-state index contributed by atoms with van der Waals surface area (Å²) in [6.45, 7) is 0. The van der Waals surface area contributed by atoms with Crippen molar-refractivity contribution in [3.8, 4) is 5.88 Å². The highest BCUT2D eigenvalue weighted by Crippen LogP contribution is 2.29. The molecule has 8 heteroatoms. The summed E-state index contributed by atoms with van der Waals surface area (Å²) in [5.74, 6) is -4.12. The Hall–Kier alpha value is -2.51. The predicted octanol–water partition coefficient (Wildman–Crippen LogP) is 2.23. The molecule has 0 unspecified atom stereocenters. The van der Waals surface area contributed by atoms with Crippen LogP contribution in [0.2, 0.25) is 0 Å². The summed E-state index contributed by atoms with van der Waals surface area (Å²) in [5, 5.41) is 2.45. The molecule has 0 aliphatic rings. The van der Waals surface area contributed by atoms with Crippen molar-refractivity contribution >= 4 is 17.2 Å². The van der Waals surface area contributed by atoms with Crippen LogP contribution in [0.25, 0.3) is 0 Å². The lowest BCUT2D eigenvalue weighted by atomic mass is 10.2. The Balaban J connectivity index is 2.39. The first-order valence-electron chi connectivity index (χ1n) is 5.09. The molecule has 1 heterocycles. The molecule has 0 amide bonds. The molecular weight excluding hydrogens is 261 g/mol. The molecule has 0 saturated carbocycles. The fourth-order valence-electron chi connectivity index (χ4n) is 1.39. The molecule has 19 heavy (non-hydrogen) atoms. The van der Waals surface area contributed by atoms with Crippen molar-refractivity contribution < 1.29 is 17.9 Å². The van der Waals surface area contributed by atoms with Crippen LogP contribution in [0.4, 0.5) is 30.4 Å². The highest BCUT2D eigenvalue weighted by atomic mass is 19.2. The third-order valence-electron chi connectivity index (χ3n) is 2.33. The van der Waals surface area contributed by atoms with Gasteiger partial charge in [-0.05, 0) is 12.1 Å². The number of hydrogen-bond acceptors (Lipinski definition) is 5. The number of nitrogens with zero attached hydrogens (tertiary/aromatic N) is 2. The molecule has 0 radical (unpaired) electrons. The van der Waals surface area contributed by atoms with Crippen LogP contribution in [0.5, 0.6) is 5.88 Å². The van der Waals surface area contributed by atoms with Crippen molar-refractivity contribution in [1.29, 1.82) is 0 Å². The summed E-state index contributed by atoms with van der Waals surface area (Å²) in [5.41, 5.74) is 5.38. The number of rotatable bonds is 3. The van der Waals surface area contributed by atoms with Gasteiger partial charge in [-0.25, -0.2) is 18.2 Å². The van der Waals surface area contributed by atoms with Gasteiger partial charge in [-0.3, -0.25) is 0 Å². The minimum atomic E-state index is -1.58. The van der Waals surface area contributed by atoms with Crippen LogP contribution in [0.3, 0.4) is 0 Å². The van der Waals surface area contributed by atoms with E-state index < -0.39 is 17.5 Å². The molecule has 0 aliphatic carbocycles. The molecule has 2 aromatic rings. The van der Waals surface area contributed by atoms with E-state index in [0.29, 0.717) is 0 Å². The number of aromatic nitrogens is 2. The Labute approximate surface area is 106 Å². The van der Waals surface area contributed by atoms with E-state index in [-0.39, 0.29) is 23.1 Å². The number of anilines is 3. The van der Waals surface area contributed by atoms with E-state index in [0.717, 1.165) is 18.5 Å². The van der Waals surface area contributed by atoms with Crippen molar-refractivity contribution in [3.05, 3.63) is 35.9 Å². The monoisotopic (exact) mass is 270 g/mol. The van der Waals surface area contributed by atoms with E-state index in [2.05, 4.69) is 15.3 Å². The van der Waals surface area contributed by atoms with Crippen molar-refractivity contribution in [2.75, 3.05) is 18.2 Å². The van der Waals surface area contributed by atoms with Gasteiger partial charge in [0.15, 0.2) is 23.3 Å². The highest BCUT2D eigenvalue weighted by molar-refractivity contribution is 5.72. The van der Waals surface area contributed by atoms with E-state index in [4.69, 9.17) is 10.5 Å². The smallest absolute Gasteiger partial charge is 0.242 e. The molecule has 1 aromatic heterocycles. The zero-order valence-electron chi connectivity index (χ0n) is 9.75. The first-order valence-corrected chi connectivity index (χ1v) is 5.09.